The van der Waals surface area contributed by atoms with Crippen LogP contribution in [0.1, 0.15) is 29.9 Å². The second-order valence-electron chi connectivity index (χ2n) is 5.06. The zero-order valence-corrected chi connectivity index (χ0v) is 11.1. The molecule has 0 atom stereocenters. The van der Waals surface area contributed by atoms with Gasteiger partial charge in [0.25, 0.3) is 0 Å². The van der Waals surface area contributed by atoms with Crippen LogP contribution in [0.5, 0.6) is 0 Å². The molecular weight excluding hydrogens is 242 g/mol. The fraction of sp³-hybridized carbons (Fsp3) is 0.500. The summed E-state index contributed by atoms with van der Waals surface area (Å²) in [5, 5.41) is 7.54. The van der Waals surface area contributed by atoms with Crippen LogP contribution in [-0.2, 0) is 24.4 Å². The van der Waals surface area contributed by atoms with Gasteiger partial charge < -0.3 is 19.1 Å². The predicted octanol–water partition coefficient (Wildman–Crippen LogP) is 1.92. The van der Waals surface area contributed by atoms with E-state index in [2.05, 4.69) is 33.5 Å². The van der Waals surface area contributed by atoms with Gasteiger partial charge in [0.1, 0.15) is 12.3 Å². The van der Waals surface area contributed by atoms with Crippen molar-refractivity contribution in [2.75, 3.05) is 7.11 Å². The van der Waals surface area contributed by atoms with E-state index < -0.39 is 0 Å². The molecule has 0 bridgehead atoms. The SMILES string of the molecule is COCc1cc(Cn2ccc(CNC3CC3)c2)no1. The average Bonchev–Trinajstić information content (AvgIpc) is 2.97. The molecule has 1 fully saturated rings. The van der Waals surface area contributed by atoms with Crippen molar-refractivity contribution >= 4 is 0 Å². The quantitative estimate of drug-likeness (QED) is 0.827. The maximum Gasteiger partial charge on any atom is 0.162 e. The summed E-state index contributed by atoms with van der Waals surface area (Å²) >= 11 is 0. The molecule has 0 spiro atoms. The Balaban J connectivity index is 1.55. The van der Waals surface area contributed by atoms with E-state index in [0.29, 0.717) is 6.61 Å². The second-order valence-corrected chi connectivity index (χ2v) is 5.06. The Morgan fingerprint density at radius 2 is 2.42 bits per heavy atom. The first-order chi connectivity index (χ1) is 9.33. The molecule has 5 nitrogen and oxygen atoms in total. The summed E-state index contributed by atoms with van der Waals surface area (Å²) in [7, 11) is 1.65. The average molecular weight is 261 g/mol. The molecule has 0 radical (unpaired) electrons. The summed E-state index contributed by atoms with van der Waals surface area (Å²) in [6, 6.07) is 4.83. The fourth-order valence-electron chi connectivity index (χ4n) is 2.07. The van der Waals surface area contributed by atoms with Crippen molar-refractivity contribution in [3.8, 4) is 0 Å². The summed E-state index contributed by atoms with van der Waals surface area (Å²) in [4.78, 5) is 0. The Morgan fingerprint density at radius 3 is 3.21 bits per heavy atom. The maximum atomic E-state index is 5.17. The second kappa shape index (κ2) is 5.59. The van der Waals surface area contributed by atoms with Crippen LogP contribution in [0.4, 0.5) is 0 Å². The van der Waals surface area contributed by atoms with Gasteiger partial charge in [-0.05, 0) is 24.5 Å². The Hall–Kier alpha value is -1.59. The van der Waals surface area contributed by atoms with Crippen molar-refractivity contribution in [1.82, 2.24) is 15.0 Å². The molecule has 5 heteroatoms. The monoisotopic (exact) mass is 261 g/mol. The third-order valence-electron chi connectivity index (χ3n) is 3.22. The lowest BCUT2D eigenvalue weighted by molar-refractivity contribution is 0.155. The molecule has 2 aromatic heterocycles. The number of ether oxygens (including phenoxy) is 1. The molecule has 0 amide bonds. The van der Waals surface area contributed by atoms with Crippen molar-refractivity contribution < 1.29 is 9.26 Å². The summed E-state index contributed by atoms with van der Waals surface area (Å²) in [6.45, 7) is 2.15. The highest BCUT2D eigenvalue weighted by molar-refractivity contribution is 5.13. The van der Waals surface area contributed by atoms with Gasteiger partial charge in [-0.3, -0.25) is 0 Å². The molecular formula is C14H19N3O2. The van der Waals surface area contributed by atoms with E-state index in [1.54, 1.807) is 7.11 Å². The van der Waals surface area contributed by atoms with Gasteiger partial charge in [-0.25, -0.2) is 0 Å². The van der Waals surface area contributed by atoms with E-state index in [9.17, 15) is 0 Å². The molecule has 3 rings (SSSR count). The van der Waals surface area contributed by atoms with Crippen LogP contribution < -0.4 is 5.32 Å². The minimum atomic E-state index is 0.467. The largest absolute Gasteiger partial charge is 0.377 e. The molecule has 1 saturated carbocycles. The lowest BCUT2D eigenvalue weighted by atomic mass is 10.3. The van der Waals surface area contributed by atoms with Crippen molar-refractivity contribution in [3.05, 3.63) is 41.5 Å². The molecule has 2 aromatic rings. The van der Waals surface area contributed by atoms with E-state index >= 15 is 0 Å². The standard InChI is InChI=1S/C14H19N3O2/c1-18-10-14-6-13(16-19-14)9-17-5-4-11(8-17)7-15-12-2-3-12/h4-6,8,12,15H,2-3,7,9-10H2,1H3. The minimum absolute atomic E-state index is 0.467. The van der Waals surface area contributed by atoms with Crippen LogP contribution in [-0.4, -0.2) is 22.9 Å². The van der Waals surface area contributed by atoms with Gasteiger partial charge in [-0.15, -0.1) is 0 Å². The molecule has 0 unspecified atom stereocenters. The number of rotatable bonds is 7. The number of methoxy groups -OCH3 is 1. The zero-order valence-electron chi connectivity index (χ0n) is 11.1. The lowest BCUT2D eigenvalue weighted by Gasteiger charge is -2.00. The van der Waals surface area contributed by atoms with Crippen LogP contribution in [0.15, 0.2) is 29.0 Å². The maximum absolute atomic E-state index is 5.17. The molecule has 19 heavy (non-hydrogen) atoms. The smallest absolute Gasteiger partial charge is 0.162 e. The van der Waals surface area contributed by atoms with Gasteiger partial charge in [0.05, 0.1) is 6.54 Å². The molecule has 1 N–H and O–H groups in total. The Labute approximate surface area is 112 Å². The predicted molar refractivity (Wildman–Crippen MR) is 70.6 cm³/mol. The Kier molecular flexibility index (Phi) is 3.66. The number of aromatic nitrogens is 2. The molecule has 2 heterocycles. The van der Waals surface area contributed by atoms with Crippen LogP contribution in [0, 0.1) is 0 Å². The van der Waals surface area contributed by atoms with Crippen LogP contribution in [0.3, 0.4) is 0 Å². The van der Waals surface area contributed by atoms with Gasteiger partial charge in [0.2, 0.25) is 0 Å². The summed E-state index contributed by atoms with van der Waals surface area (Å²) in [5.41, 5.74) is 2.23. The van der Waals surface area contributed by atoms with E-state index in [0.717, 1.165) is 30.6 Å². The van der Waals surface area contributed by atoms with Gasteiger partial charge in [-0.2, -0.15) is 0 Å². The summed E-state index contributed by atoms with van der Waals surface area (Å²) in [6.07, 6.45) is 6.87. The number of nitrogens with one attached hydrogen (secondary N) is 1. The molecule has 1 aliphatic rings. The van der Waals surface area contributed by atoms with E-state index in [4.69, 9.17) is 9.26 Å². The van der Waals surface area contributed by atoms with Crippen molar-refractivity contribution in [1.29, 1.82) is 0 Å². The van der Waals surface area contributed by atoms with E-state index in [-0.39, 0.29) is 0 Å². The summed E-state index contributed by atoms with van der Waals surface area (Å²) in [5.74, 6) is 0.764. The highest BCUT2D eigenvalue weighted by Crippen LogP contribution is 2.19. The molecule has 0 aromatic carbocycles. The van der Waals surface area contributed by atoms with Crippen LogP contribution in [0.25, 0.3) is 0 Å². The van der Waals surface area contributed by atoms with Gasteiger partial charge in [0.15, 0.2) is 5.76 Å². The third-order valence-corrected chi connectivity index (χ3v) is 3.22. The third kappa shape index (κ3) is 3.45. The molecule has 0 aliphatic heterocycles. The van der Waals surface area contributed by atoms with Crippen LogP contribution >= 0.6 is 0 Å². The Bertz CT molecular complexity index is 528. The molecule has 102 valence electrons. The van der Waals surface area contributed by atoms with E-state index in [1.807, 2.05) is 6.07 Å². The summed E-state index contributed by atoms with van der Waals surface area (Å²) < 4.78 is 12.3. The lowest BCUT2D eigenvalue weighted by Crippen LogP contribution is -2.14. The normalized spacial score (nSPS) is 15.0. The van der Waals surface area contributed by atoms with E-state index in [1.165, 1.54) is 18.4 Å². The van der Waals surface area contributed by atoms with Crippen molar-refractivity contribution in [2.24, 2.45) is 0 Å². The first kappa shape index (κ1) is 12.4. The first-order valence-electron chi connectivity index (χ1n) is 6.65. The van der Waals surface area contributed by atoms with Gasteiger partial charge in [-0.1, -0.05) is 5.16 Å². The highest BCUT2D eigenvalue weighted by atomic mass is 16.5. The number of nitrogens with zero attached hydrogens (tertiary/aromatic N) is 2. The highest BCUT2D eigenvalue weighted by Gasteiger charge is 2.19. The Morgan fingerprint density at radius 1 is 1.53 bits per heavy atom. The number of hydrogen-bond acceptors (Lipinski definition) is 4. The van der Waals surface area contributed by atoms with Crippen molar-refractivity contribution in [3.63, 3.8) is 0 Å². The molecule has 1 aliphatic carbocycles. The van der Waals surface area contributed by atoms with Gasteiger partial charge in [0, 0.05) is 38.2 Å². The minimum Gasteiger partial charge on any atom is -0.377 e. The number of hydrogen-bond donors (Lipinski definition) is 1. The van der Waals surface area contributed by atoms with Gasteiger partial charge >= 0.3 is 0 Å². The van der Waals surface area contributed by atoms with Crippen molar-refractivity contribution in [2.45, 2.75) is 38.6 Å². The zero-order chi connectivity index (χ0) is 13.1. The fourth-order valence-corrected chi connectivity index (χ4v) is 2.07. The van der Waals surface area contributed by atoms with Crippen LogP contribution in [0.2, 0.25) is 0 Å². The topological polar surface area (TPSA) is 52.2 Å². The first-order valence-corrected chi connectivity index (χ1v) is 6.65. The molecule has 0 saturated heterocycles.